The van der Waals surface area contributed by atoms with E-state index in [2.05, 4.69) is 37.7 Å². The van der Waals surface area contributed by atoms with Crippen molar-refractivity contribution in [2.24, 2.45) is 5.92 Å². The maximum absolute atomic E-state index is 5.48. The number of imidazole rings is 1. The van der Waals surface area contributed by atoms with E-state index in [4.69, 9.17) is 9.47 Å². The molecule has 0 fully saturated rings. The van der Waals surface area contributed by atoms with Gasteiger partial charge in [0, 0.05) is 0 Å². The van der Waals surface area contributed by atoms with Crippen molar-refractivity contribution in [1.29, 1.82) is 0 Å². The molecule has 2 heterocycles. The van der Waals surface area contributed by atoms with Gasteiger partial charge in [-0.25, -0.2) is 4.98 Å². The minimum Gasteiger partial charge on any atom is -0.482 e. The van der Waals surface area contributed by atoms with E-state index in [1.54, 1.807) is 20.3 Å². The van der Waals surface area contributed by atoms with Crippen LogP contribution >= 0.6 is 0 Å². The van der Waals surface area contributed by atoms with Gasteiger partial charge in [-0.05, 0) is 18.3 Å². The second-order valence-electron chi connectivity index (χ2n) is 5.67. The quantitative estimate of drug-likeness (QED) is 0.842. The molecule has 0 atom stereocenters. The summed E-state index contributed by atoms with van der Waals surface area (Å²) in [4.78, 5) is 9.11. The van der Waals surface area contributed by atoms with Crippen molar-refractivity contribution in [3.05, 3.63) is 17.5 Å². The van der Waals surface area contributed by atoms with E-state index in [-0.39, 0.29) is 0 Å². The van der Waals surface area contributed by atoms with E-state index in [9.17, 15) is 0 Å². The third kappa shape index (κ3) is 2.57. The lowest BCUT2D eigenvalue weighted by molar-refractivity contribution is 0.368. The highest BCUT2D eigenvalue weighted by Gasteiger charge is 2.20. The molecule has 2 aromatic rings. The van der Waals surface area contributed by atoms with E-state index in [1.165, 1.54) is 5.69 Å². The zero-order valence-corrected chi connectivity index (χ0v) is 13.1. The highest BCUT2D eigenvalue weighted by Crippen LogP contribution is 2.29. The summed E-state index contributed by atoms with van der Waals surface area (Å²) in [6.45, 7) is 8.71. The molecular formula is C15H23N3O2. The molecule has 0 saturated heterocycles. The monoisotopic (exact) mass is 277 g/mol. The van der Waals surface area contributed by atoms with Crippen molar-refractivity contribution in [2.45, 2.75) is 40.0 Å². The summed E-state index contributed by atoms with van der Waals surface area (Å²) < 4.78 is 12.7. The number of nitrogens with zero attached hydrogens (tertiary/aromatic N) is 3. The van der Waals surface area contributed by atoms with Crippen LogP contribution in [0.5, 0.6) is 11.8 Å². The molecule has 5 nitrogen and oxygen atoms in total. The Morgan fingerprint density at radius 1 is 1.10 bits per heavy atom. The molecule has 0 N–H and O–H groups in total. The average molecular weight is 277 g/mol. The summed E-state index contributed by atoms with van der Waals surface area (Å²) in [5.41, 5.74) is 2.26. The lowest BCUT2D eigenvalue weighted by atomic mass is 10.0. The van der Waals surface area contributed by atoms with Gasteiger partial charge in [0.2, 0.25) is 17.5 Å². The van der Waals surface area contributed by atoms with E-state index in [0.29, 0.717) is 29.4 Å². The van der Waals surface area contributed by atoms with Crippen molar-refractivity contribution in [1.82, 2.24) is 14.4 Å². The number of ether oxygens (including phenoxy) is 2. The minimum atomic E-state index is 0.350. The predicted molar refractivity (Wildman–Crippen MR) is 78.7 cm³/mol. The smallest absolute Gasteiger partial charge is 0.240 e. The normalized spacial score (nSPS) is 11.6. The summed E-state index contributed by atoms with van der Waals surface area (Å²) in [7, 11) is 3.25. The summed E-state index contributed by atoms with van der Waals surface area (Å²) >= 11 is 0. The molecule has 0 aliphatic heterocycles. The molecule has 20 heavy (non-hydrogen) atoms. The van der Waals surface area contributed by atoms with Crippen LogP contribution in [-0.4, -0.2) is 28.6 Å². The van der Waals surface area contributed by atoms with Crippen molar-refractivity contribution in [3.63, 3.8) is 0 Å². The molecule has 0 bridgehead atoms. The topological polar surface area (TPSA) is 48.7 Å². The first-order valence-corrected chi connectivity index (χ1v) is 6.98. The Balaban J connectivity index is 2.73. The third-order valence-electron chi connectivity index (χ3n) is 3.22. The van der Waals surface area contributed by atoms with Crippen molar-refractivity contribution < 1.29 is 9.47 Å². The minimum absolute atomic E-state index is 0.350. The fourth-order valence-corrected chi connectivity index (χ4v) is 2.44. The molecule has 0 spiro atoms. The number of hydrogen-bond acceptors (Lipinski definition) is 4. The molecule has 0 aliphatic rings. The zero-order valence-electron chi connectivity index (χ0n) is 13.1. The van der Waals surface area contributed by atoms with Gasteiger partial charge in [0.1, 0.15) is 0 Å². The van der Waals surface area contributed by atoms with Gasteiger partial charge >= 0.3 is 0 Å². The Hall–Kier alpha value is -1.78. The molecular weight excluding hydrogens is 254 g/mol. The first kappa shape index (κ1) is 14.6. The van der Waals surface area contributed by atoms with E-state index >= 15 is 0 Å². The van der Waals surface area contributed by atoms with Crippen LogP contribution in [0.15, 0.2) is 6.07 Å². The average Bonchev–Trinajstić information content (AvgIpc) is 2.74. The van der Waals surface area contributed by atoms with Crippen LogP contribution in [0.2, 0.25) is 0 Å². The molecule has 110 valence electrons. The van der Waals surface area contributed by atoms with Crippen LogP contribution in [0.3, 0.4) is 0 Å². The van der Waals surface area contributed by atoms with Crippen LogP contribution in [0, 0.1) is 5.92 Å². The Labute approximate surface area is 120 Å². The SMILES string of the molecule is COc1cc(OC)n2c(C(C)C)c(CC(C)C)nc2n1. The molecule has 0 aliphatic carbocycles. The number of fused-ring (bicyclic) bond motifs is 1. The molecule has 0 unspecified atom stereocenters. The summed E-state index contributed by atoms with van der Waals surface area (Å²) in [5.74, 6) is 2.76. The summed E-state index contributed by atoms with van der Waals surface area (Å²) in [6, 6.07) is 1.79. The molecule has 2 aromatic heterocycles. The highest BCUT2D eigenvalue weighted by molar-refractivity contribution is 5.44. The first-order chi connectivity index (χ1) is 9.47. The molecule has 5 heteroatoms. The number of methoxy groups -OCH3 is 2. The Morgan fingerprint density at radius 2 is 1.80 bits per heavy atom. The Kier molecular flexibility index (Phi) is 4.16. The molecule has 0 aromatic carbocycles. The Bertz CT molecular complexity index is 603. The molecule has 0 radical (unpaired) electrons. The lowest BCUT2D eigenvalue weighted by Gasteiger charge is -2.12. The van der Waals surface area contributed by atoms with Crippen molar-refractivity contribution in [2.75, 3.05) is 14.2 Å². The number of hydrogen-bond donors (Lipinski definition) is 0. The Morgan fingerprint density at radius 3 is 2.30 bits per heavy atom. The van der Waals surface area contributed by atoms with E-state index in [1.807, 2.05) is 4.40 Å². The fraction of sp³-hybridized carbons (Fsp3) is 0.600. The summed E-state index contributed by atoms with van der Waals surface area (Å²) in [5, 5.41) is 0. The lowest BCUT2D eigenvalue weighted by Crippen LogP contribution is -2.05. The standard InChI is InChI=1S/C15H23N3O2/c1-9(2)7-11-14(10(3)4)18-13(20-6)8-12(19-5)17-15(18)16-11/h8-10H,7H2,1-6H3. The maximum atomic E-state index is 5.48. The molecule has 0 saturated carbocycles. The van der Waals surface area contributed by atoms with Gasteiger partial charge in [-0.2, -0.15) is 4.98 Å². The molecule has 0 amide bonds. The van der Waals surface area contributed by atoms with Gasteiger partial charge in [0.05, 0.1) is 31.7 Å². The van der Waals surface area contributed by atoms with E-state index in [0.717, 1.165) is 12.1 Å². The summed E-state index contributed by atoms with van der Waals surface area (Å²) in [6.07, 6.45) is 0.933. The zero-order chi connectivity index (χ0) is 14.9. The van der Waals surface area contributed by atoms with Crippen LogP contribution in [0.25, 0.3) is 5.78 Å². The van der Waals surface area contributed by atoms with Crippen LogP contribution in [0.1, 0.15) is 45.0 Å². The number of rotatable bonds is 5. The van der Waals surface area contributed by atoms with Gasteiger partial charge in [-0.1, -0.05) is 27.7 Å². The predicted octanol–water partition coefficient (Wildman–Crippen LogP) is 3.07. The first-order valence-electron chi connectivity index (χ1n) is 6.98. The van der Waals surface area contributed by atoms with Crippen LogP contribution in [-0.2, 0) is 6.42 Å². The maximum Gasteiger partial charge on any atom is 0.240 e. The highest BCUT2D eigenvalue weighted by atomic mass is 16.5. The fourth-order valence-electron chi connectivity index (χ4n) is 2.44. The van der Waals surface area contributed by atoms with Gasteiger partial charge < -0.3 is 9.47 Å². The second kappa shape index (κ2) is 5.69. The van der Waals surface area contributed by atoms with Crippen molar-refractivity contribution in [3.8, 4) is 11.8 Å². The van der Waals surface area contributed by atoms with Gasteiger partial charge in [0.15, 0.2) is 0 Å². The van der Waals surface area contributed by atoms with Crippen LogP contribution in [0.4, 0.5) is 0 Å². The second-order valence-corrected chi connectivity index (χ2v) is 5.67. The van der Waals surface area contributed by atoms with Gasteiger partial charge in [-0.15, -0.1) is 0 Å². The van der Waals surface area contributed by atoms with Gasteiger partial charge in [0.25, 0.3) is 0 Å². The number of aromatic nitrogens is 3. The van der Waals surface area contributed by atoms with E-state index < -0.39 is 0 Å². The van der Waals surface area contributed by atoms with Crippen LogP contribution < -0.4 is 9.47 Å². The molecule has 2 rings (SSSR count). The third-order valence-corrected chi connectivity index (χ3v) is 3.22. The van der Waals surface area contributed by atoms with Gasteiger partial charge in [-0.3, -0.25) is 4.40 Å². The van der Waals surface area contributed by atoms with Crippen molar-refractivity contribution >= 4 is 5.78 Å². The largest absolute Gasteiger partial charge is 0.482 e.